The molecule has 0 radical (unpaired) electrons. The number of benzene rings is 4. The molecular weight excluding hydrogens is 509 g/mol. The summed E-state index contributed by atoms with van der Waals surface area (Å²) in [6.45, 7) is 0.389. The molecule has 1 amide bonds. The molecule has 0 aliphatic carbocycles. The molecule has 0 heterocycles. The summed E-state index contributed by atoms with van der Waals surface area (Å²) in [5, 5.41) is 6.11. The number of halogens is 4. The lowest BCUT2D eigenvalue weighted by Gasteiger charge is -2.11. The second-order valence-corrected chi connectivity index (χ2v) is 8.25. The van der Waals surface area contributed by atoms with Crippen molar-refractivity contribution in [3.63, 3.8) is 0 Å². The number of hydrogen-bond acceptors (Lipinski definition) is 3. The monoisotopic (exact) mass is 526 g/mol. The van der Waals surface area contributed by atoms with Gasteiger partial charge in [0.2, 0.25) is 0 Å². The van der Waals surface area contributed by atoms with Crippen LogP contribution in [0.5, 0.6) is 5.75 Å². The summed E-state index contributed by atoms with van der Waals surface area (Å²) in [4.78, 5) is 12.1. The standard InChI is InChI=1S/C26H18BrF3N2O2/c27-23-13-17(15-31-32-25(33)19-7-4-9-21(14-19)26(28,29)30)11-12-24(23)34-16-20-8-3-6-18-5-1-2-10-22(18)20/h1-15H,16H2,(H,32,33)/b31-15-. The van der Waals surface area contributed by atoms with Crippen LogP contribution in [0, 0.1) is 0 Å². The van der Waals surface area contributed by atoms with Crippen molar-refractivity contribution in [3.8, 4) is 5.75 Å². The quantitative estimate of drug-likeness (QED) is 0.218. The van der Waals surface area contributed by atoms with Crippen molar-refractivity contribution in [1.29, 1.82) is 0 Å². The first-order valence-corrected chi connectivity index (χ1v) is 11.0. The van der Waals surface area contributed by atoms with Crippen LogP contribution in [0.1, 0.15) is 27.0 Å². The van der Waals surface area contributed by atoms with Gasteiger partial charge in [-0.15, -0.1) is 0 Å². The Kier molecular flexibility index (Phi) is 6.98. The van der Waals surface area contributed by atoms with Gasteiger partial charge in [0.25, 0.3) is 5.91 Å². The topological polar surface area (TPSA) is 50.7 Å². The van der Waals surface area contributed by atoms with Gasteiger partial charge in [0.15, 0.2) is 0 Å². The molecule has 0 atom stereocenters. The van der Waals surface area contributed by atoms with Gasteiger partial charge in [-0.2, -0.15) is 18.3 Å². The number of nitrogens with zero attached hydrogens (tertiary/aromatic N) is 1. The molecule has 34 heavy (non-hydrogen) atoms. The number of nitrogens with one attached hydrogen (secondary N) is 1. The molecule has 4 rings (SSSR count). The van der Waals surface area contributed by atoms with Crippen LogP contribution in [0.3, 0.4) is 0 Å². The minimum atomic E-state index is -4.52. The van der Waals surface area contributed by atoms with E-state index < -0.39 is 17.6 Å². The Hall–Kier alpha value is -3.65. The number of rotatable bonds is 6. The molecule has 172 valence electrons. The van der Waals surface area contributed by atoms with Crippen molar-refractivity contribution in [2.75, 3.05) is 0 Å². The molecular formula is C26H18BrF3N2O2. The van der Waals surface area contributed by atoms with Gasteiger partial charge in [0.1, 0.15) is 12.4 Å². The molecule has 0 aliphatic heterocycles. The predicted octanol–water partition coefficient (Wildman–Crippen LogP) is 6.96. The summed E-state index contributed by atoms with van der Waals surface area (Å²) in [6, 6.07) is 23.6. The van der Waals surface area contributed by atoms with E-state index in [1.165, 1.54) is 18.3 Å². The highest BCUT2D eigenvalue weighted by Gasteiger charge is 2.30. The third kappa shape index (κ3) is 5.63. The van der Waals surface area contributed by atoms with E-state index in [2.05, 4.69) is 44.7 Å². The SMILES string of the molecule is O=C(N/N=C\c1ccc(OCc2cccc3ccccc23)c(Br)c1)c1cccc(C(F)(F)F)c1. The highest BCUT2D eigenvalue weighted by molar-refractivity contribution is 9.10. The van der Waals surface area contributed by atoms with Gasteiger partial charge in [0.05, 0.1) is 16.3 Å². The molecule has 0 unspecified atom stereocenters. The zero-order valence-corrected chi connectivity index (χ0v) is 19.2. The van der Waals surface area contributed by atoms with Gasteiger partial charge in [-0.1, -0.05) is 48.5 Å². The Labute approximate surface area is 202 Å². The lowest BCUT2D eigenvalue weighted by molar-refractivity contribution is -0.137. The minimum Gasteiger partial charge on any atom is -0.488 e. The molecule has 0 fully saturated rings. The van der Waals surface area contributed by atoms with E-state index in [1.54, 1.807) is 18.2 Å². The normalized spacial score (nSPS) is 11.6. The Balaban J connectivity index is 1.39. The molecule has 0 aromatic heterocycles. The molecule has 4 nitrogen and oxygen atoms in total. The number of carbonyl (C=O) groups excluding carboxylic acids is 1. The van der Waals surface area contributed by atoms with Gasteiger partial charge in [-0.25, -0.2) is 5.43 Å². The molecule has 8 heteroatoms. The minimum absolute atomic E-state index is 0.134. The van der Waals surface area contributed by atoms with Crippen LogP contribution in [-0.2, 0) is 12.8 Å². The molecule has 4 aromatic carbocycles. The highest BCUT2D eigenvalue weighted by atomic mass is 79.9. The van der Waals surface area contributed by atoms with Crippen LogP contribution in [0.2, 0.25) is 0 Å². The zero-order valence-electron chi connectivity index (χ0n) is 17.6. The number of ether oxygens (including phenoxy) is 1. The smallest absolute Gasteiger partial charge is 0.416 e. The number of amides is 1. The second-order valence-electron chi connectivity index (χ2n) is 7.39. The Morgan fingerprint density at radius 1 is 0.971 bits per heavy atom. The first-order valence-electron chi connectivity index (χ1n) is 10.2. The van der Waals surface area contributed by atoms with E-state index in [1.807, 2.05) is 24.3 Å². The van der Waals surface area contributed by atoms with Gasteiger partial charge in [0, 0.05) is 5.56 Å². The summed E-state index contributed by atoms with van der Waals surface area (Å²) in [5.74, 6) is -0.102. The third-order valence-electron chi connectivity index (χ3n) is 5.05. The number of hydrogen-bond donors (Lipinski definition) is 1. The van der Waals surface area contributed by atoms with Crippen molar-refractivity contribution in [2.24, 2.45) is 5.10 Å². The van der Waals surface area contributed by atoms with E-state index >= 15 is 0 Å². The molecule has 0 saturated heterocycles. The van der Waals surface area contributed by atoms with E-state index in [9.17, 15) is 18.0 Å². The van der Waals surface area contributed by atoms with Gasteiger partial charge in [-0.05, 0) is 74.2 Å². The van der Waals surface area contributed by atoms with Crippen molar-refractivity contribution >= 4 is 38.8 Å². The maximum atomic E-state index is 12.8. The summed E-state index contributed by atoms with van der Waals surface area (Å²) in [5.41, 5.74) is 2.93. The Morgan fingerprint density at radius 3 is 2.53 bits per heavy atom. The van der Waals surface area contributed by atoms with Gasteiger partial charge >= 0.3 is 6.18 Å². The third-order valence-corrected chi connectivity index (χ3v) is 5.67. The van der Waals surface area contributed by atoms with Crippen LogP contribution >= 0.6 is 15.9 Å². The number of alkyl halides is 3. The lowest BCUT2D eigenvalue weighted by Crippen LogP contribution is -2.18. The van der Waals surface area contributed by atoms with Crippen LogP contribution in [0.25, 0.3) is 10.8 Å². The van der Waals surface area contributed by atoms with Crippen LogP contribution in [0.15, 0.2) is 94.5 Å². The summed E-state index contributed by atoms with van der Waals surface area (Å²) in [6.07, 6.45) is -3.13. The first kappa shape index (κ1) is 23.5. The van der Waals surface area contributed by atoms with Crippen LogP contribution in [0.4, 0.5) is 13.2 Å². The summed E-state index contributed by atoms with van der Waals surface area (Å²) >= 11 is 3.47. The maximum Gasteiger partial charge on any atom is 0.416 e. The van der Waals surface area contributed by atoms with Gasteiger partial charge < -0.3 is 4.74 Å². The van der Waals surface area contributed by atoms with Crippen molar-refractivity contribution in [1.82, 2.24) is 5.43 Å². The molecule has 4 aromatic rings. The van der Waals surface area contributed by atoms with Crippen molar-refractivity contribution < 1.29 is 22.7 Å². The summed E-state index contributed by atoms with van der Waals surface area (Å²) < 4.78 is 45.1. The fourth-order valence-electron chi connectivity index (χ4n) is 3.36. The van der Waals surface area contributed by atoms with Crippen LogP contribution < -0.4 is 10.2 Å². The van der Waals surface area contributed by atoms with Crippen molar-refractivity contribution in [2.45, 2.75) is 12.8 Å². The van der Waals surface area contributed by atoms with Crippen LogP contribution in [-0.4, -0.2) is 12.1 Å². The molecule has 0 spiro atoms. The lowest BCUT2D eigenvalue weighted by atomic mass is 10.1. The number of carbonyl (C=O) groups is 1. The average molecular weight is 527 g/mol. The molecule has 0 aliphatic rings. The second kappa shape index (κ2) is 10.1. The summed E-state index contributed by atoms with van der Waals surface area (Å²) in [7, 11) is 0. The molecule has 0 saturated carbocycles. The van der Waals surface area contributed by atoms with Crippen molar-refractivity contribution in [3.05, 3.63) is 112 Å². The number of fused-ring (bicyclic) bond motifs is 1. The fourth-order valence-corrected chi connectivity index (χ4v) is 3.87. The molecule has 0 bridgehead atoms. The van der Waals surface area contributed by atoms with E-state index in [4.69, 9.17) is 4.74 Å². The average Bonchev–Trinajstić information content (AvgIpc) is 2.83. The largest absolute Gasteiger partial charge is 0.488 e. The zero-order chi connectivity index (χ0) is 24.1. The van der Waals surface area contributed by atoms with E-state index in [-0.39, 0.29) is 5.56 Å². The molecule has 1 N–H and O–H groups in total. The van der Waals surface area contributed by atoms with E-state index in [0.29, 0.717) is 22.4 Å². The first-order chi connectivity index (χ1) is 16.3. The Bertz CT molecular complexity index is 1360. The Morgan fingerprint density at radius 2 is 1.74 bits per heavy atom. The van der Waals surface area contributed by atoms with Gasteiger partial charge in [-0.3, -0.25) is 4.79 Å². The number of hydrazone groups is 1. The van der Waals surface area contributed by atoms with E-state index in [0.717, 1.165) is 28.5 Å². The maximum absolute atomic E-state index is 12.8. The highest BCUT2D eigenvalue weighted by Crippen LogP contribution is 2.30. The predicted molar refractivity (Wildman–Crippen MR) is 129 cm³/mol. The fraction of sp³-hybridized carbons (Fsp3) is 0.0769.